The molecular weight excluding hydrogens is 308 g/mol. The molecule has 0 aliphatic heterocycles. The number of nitrogens with one attached hydrogen (secondary N) is 1. The third-order valence-electron chi connectivity index (χ3n) is 3.25. The zero-order chi connectivity index (χ0) is 10.9. The highest BCUT2D eigenvalue weighted by Gasteiger charge is 2.40. The Morgan fingerprint density at radius 3 is 2.75 bits per heavy atom. The van der Waals surface area contributed by atoms with Gasteiger partial charge >= 0.3 is 0 Å². The van der Waals surface area contributed by atoms with Crippen molar-refractivity contribution < 1.29 is 0 Å². The van der Waals surface area contributed by atoms with Gasteiger partial charge in [0.1, 0.15) is 0 Å². The van der Waals surface area contributed by atoms with Crippen molar-refractivity contribution in [1.29, 1.82) is 0 Å². The minimum atomic E-state index is 0. The predicted molar refractivity (Wildman–Crippen MR) is 76.3 cm³/mol. The van der Waals surface area contributed by atoms with Gasteiger partial charge < -0.3 is 11.1 Å². The fraction of sp³-hybridized carbons (Fsp3) is 0.636. The van der Waals surface area contributed by atoms with Crippen LogP contribution in [0, 0.1) is 5.92 Å². The second kappa shape index (κ2) is 5.83. The van der Waals surface area contributed by atoms with Crippen LogP contribution in [0.1, 0.15) is 24.6 Å². The maximum atomic E-state index is 5.85. The number of halogens is 2. The molecule has 1 saturated carbocycles. The molecule has 16 heavy (non-hydrogen) atoms. The second-order valence-corrected chi connectivity index (χ2v) is 6.30. The molecule has 5 heteroatoms. The molecular formula is C11H18BrClN2S. The highest BCUT2D eigenvalue weighted by Crippen LogP contribution is 2.39. The lowest BCUT2D eigenvalue weighted by Gasteiger charge is -2.29. The number of rotatable bonds is 5. The lowest BCUT2D eigenvalue weighted by atomic mass is 9.96. The van der Waals surface area contributed by atoms with Crippen LogP contribution in [0.25, 0.3) is 0 Å². The van der Waals surface area contributed by atoms with Crippen LogP contribution in [0.3, 0.4) is 0 Å². The summed E-state index contributed by atoms with van der Waals surface area (Å²) in [6.07, 6.45) is 2.65. The van der Waals surface area contributed by atoms with Crippen molar-refractivity contribution in [3.05, 3.63) is 20.8 Å². The first-order chi connectivity index (χ1) is 7.15. The first kappa shape index (κ1) is 14.5. The van der Waals surface area contributed by atoms with Crippen LogP contribution in [0.5, 0.6) is 0 Å². The lowest BCUT2D eigenvalue weighted by molar-refractivity contribution is 0.318. The molecule has 0 radical (unpaired) electrons. The average Bonchev–Trinajstić information content (AvgIpc) is 3.01. The molecule has 1 aromatic rings. The Kier molecular flexibility index (Phi) is 5.26. The summed E-state index contributed by atoms with van der Waals surface area (Å²) in [6, 6.07) is 2.10. The van der Waals surface area contributed by atoms with E-state index in [1.165, 1.54) is 22.2 Å². The minimum Gasteiger partial charge on any atom is -0.329 e. The van der Waals surface area contributed by atoms with Crippen molar-refractivity contribution in [1.82, 2.24) is 5.32 Å². The van der Waals surface area contributed by atoms with E-state index in [4.69, 9.17) is 5.73 Å². The Hall–Kier alpha value is 0.390. The van der Waals surface area contributed by atoms with Gasteiger partial charge in [0.05, 0.1) is 0 Å². The molecule has 0 bridgehead atoms. The molecule has 1 unspecified atom stereocenters. The third kappa shape index (κ3) is 3.20. The second-order valence-electron chi connectivity index (χ2n) is 4.44. The fourth-order valence-corrected chi connectivity index (χ4v) is 3.27. The van der Waals surface area contributed by atoms with Gasteiger partial charge in [-0.15, -0.1) is 23.7 Å². The van der Waals surface area contributed by atoms with Crippen molar-refractivity contribution in [3.63, 3.8) is 0 Å². The summed E-state index contributed by atoms with van der Waals surface area (Å²) in [5.41, 5.74) is 5.98. The van der Waals surface area contributed by atoms with Gasteiger partial charge in [0.25, 0.3) is 0 Å². The van der Waals surface area contributed by atoms with Crippen LogP contribution in [-0.2, 0) is 6.54 Å². The first-order valence-corrected chi connectivity index (χ1v) is 7.00. The summed E-state index contributed by atoms with van der Waals surface area (Å²) in [5.74, 6) is 0.779. The standard InChI is InChI=1S/C11H17BrN2S.ClH/c1-11(7-13,8-2-3-8)14-6-10-9(12)4-5-15-10;/h4-5,8,14H,2-3,6-7,13H2,1H3;1H. The highest BCUT2D eigenvalue weighted by atomic mass is 79.9. The maximum absolute atomic E-state index is 5.85. The summed E-state index contributed by atoms with van der Waals surface area (Å²) in [5, 5.41) is 5.72. The fourth-order valence-electron chi connectivity index (χ4n) is 1.84. The first-order valence-electron chi connectivity index (χ1n) is 5.32. The van der Waals surface area contributed by atoms with E-state index in [1.54, 1.807) is 11.3 Å². The molecule has 3 N–H and O–H groups in total. The zero-order valence-corrected chi connectivity index (χ0v) is 12.6. The van der Waals surface area contributed by atoms with Crippen molar-refractivity contribution in [3.8, 4) is 0 Å². The minimum absolute atomic E-state index is 0. The van der Waals surface area contributed by atoms with Gasteiger partial charge in [-0.3, -0.25) is 0 Å². The molecule has 1 aliphatic carbocycles. The largest absolute Gasteiger partial charge is 0.329 e. The van der Waals surface area contributed by atoms with E-state index in [1.807, 2.05) is 0 Å². The highest BCUT2D eigenvalue weighted by molar-refractivity contribution is 9.10. The molecule has 0 saturated heterocycles. The monoisotopic (exact) mass is 324 g/mol. The lowest BCUT2D eigenvalue weighted by Crippen LogP contribution is -2.50. The maximum Gasteiger partial charge on any atom is 0.0327 e. The van der Waals surface area contributed by atoms with Crippen molar-refractivity contribution >= 4 is 39.7 Å². The van der Waals surface area contributed by atoms with E-state index in [2.05, 4.69) is 39.6 Å². The third-order valence-corrected chi connectivity index (χ3v) is 5.17. The van der Waals surface area contributed by atoms with Crippen molar-refractivity contribution in [2.24, 2.45) is 11.7 Å². The van der Waals surface area contributed by atoms with E-state index in [0.29, 0.717) is 0 Å². The molecule has 0 aromatic carbocycles. The summed E-state index contributed by atoms with van der Waals surface area (Å²) in [7, 11) is 0. The van der Waals surface area contributed by atoms with Crippen LogP contribution in [0.15, 0.2) is 15.9 Å². The van der Waals surface area contributed by atoms with Crippen LogP contribution in [-0.4, -0.2) is 12.1 Å². The number of hydrogen-bond acceptors (Lipinski definition) is 3. The smallest absolute Gasteiger partial charge is 0.0327 e. The molecule has 2 rings (SSSR count). The van der Waals surface area contributed by atoms with Crippen LogP contribution in [0.4, 0.5) is 0 Å². The molecule has 1 heterocycles. The van der Waals surface area contributed by atoms with E-state index >= 15 is 0 Å². The molecule has 1 fully saturated rings. The van der Waals surface area contributed by atoms with Gasteiger partial charge in [-0.05, 0) is 53.1 Å². The van der Waals surface area contributed by atoms with Crippen molar-refractivity contribution in [2.75, 3.05) is 6.54 Å². The molecule has 0 spiro atoms. The summed E-state index contributed by atoms with van der Waals surface area (Å²) in [6.45, 7) is 3.88. The predicted octanol–water partition coefficient (Wildman–Crippen LogP) is 3.15. The average molecular weight is 326 g/mol. The molecule has 2 nitrogen and oxygen atoms in total. The van der Waals surface area contributed by atoms with Gasteiger partial charge in [-0.1, -0.05) is 0 Å². The normalized spacial score (nSPS) is 18.9. The number of thiophene rings is 1. The Labute approximate surface area is 116 Å². The van der Waals surface area contributed by atoms with Gasteiger partial charge in [0.2, 0.25) is 0 Å². The summed E-state index contributed by atoms with van der Waals surface area (Å²) in [4.78, 5) is 1.36. The number of nitrogens with two attached hydrogens (primary N) is 1. The summed E-state index contributed by atoms with van der Waals surface area (Å²) < 4.78 is 1.20. The topological polar surface area (TPSA) is 38.0 Å². The Bertz CT molecular complexity index is 340. The van der Waals surface area contributed by atoms with Gasteiger partial charge in [0.15, 0.2) is 0 Å². The van der Waals surface area contributed by atoms with Crippen molar-refractivity contribution in [2.45, 2.75) is 31.8 Å². The molecule has 1 aromatic heterocycles. The molecule has 1 atom stereocenters. The van der Waals surface area contributed by atoms with E-state index in [0.717, 1.165) is 19.0 Å². The Morgan fingerprint density at radius 1 is 1.62 bits per heavy atom. The van der Waals surface area contributed by atoms with Crippen LogP contribution >= 0.6 is 39.7 Å². The summed E-state index contributed by atoms with van der Waals surface area (Å²) >= 11 is 5.33. The zero-order valence-electron chi connectivity index (χ0n) is 9.33. The van der Waals surface area contributed by atoms with E-state index in [-0.39, 0.29) is 17.9 Å². The Balaban J connectivity index is 0.00000128. The van der Waals surface area contributed by atoms with Gasteiger partial charge in [0, 0.05) is 28.0 Å². The Morgan fingerprint density at radius 2 is 2.31 bits per heavy atom. The quantitative estimate of drug-likeness (QED) is 0.873. The van der Waals surface area contributed by atoms with E-state index < -0.39 is 0 Å². The SMILES string of the molecule is CC(CN)(NCc1sccc1Br)C1CC1.Cl. The molecule has 92 valence electrons. The van der Waals surface area contributed by atoms with Crippen LogP contribution < -0.4 is 11.1 Å². The molecule has 0 amide bonds. The van der Waals surface area contributed by atoms with Gasteiger partial charge in [-0.25, -0.2) is 0 Å². The van der Waals surface area contributed by atoms with Gasteiger partial charge in [-0.2, -0.15) is 0 Å². The van der Waals surface area contributed by atoms with E-state index in [9.17, 15) is 0 Å². The number of hydrogen-bond donors (Lipinski definition) is 2. The van der Waals surface area contributed by atoms with Crippen LogP contribution in [0.2, 0.25) is 0 Å². The molecule has 1 aliphatic rings.